The van der Waals surface area contributed by atoms with E-state index in [2.05, 4.69) is 55.7 Å². The number of aromatic nitrogens is 2. The van der Waals surface area contributed by atoms with Crippen LogP contribution in [0.25, 0.3) is 21.5 Å². The van der Waals surface area contributed by atoms with Gasteiger partial charge in [0.05, 0.1) is 5.34 Å². The van der Waals surface area contributed by atoms with Gasteiger partial charge < -0.3 is 0 Å². The van der Waals surface area contributed by atoms with Gasteiger partial charge in [0.15, 0.2) is 0 Å². The zero-order chi connectivity index (χ0) is 29.4. The summed E-state index contributed by atoms with van der Waals surface area (Å²) in [5.41, 5.74) is 5.33. The van der Waals surface area contributed by atoms with Crippen molar-refractivity contribution < 1.29 is 15.4 Å². The maximum atomic E-state index is 5.20. The molecule has 4 aromatic carbocycles. The Labute approximate surface area is 266 Å². The Morgan fingerprint density at radius 2 is 0.773 bits per heavy atom. The third kappa shape index (κ3) is 3.71. The normalized spacial score (nSPS) is 19.1. The zero-order valence-electron chi connectivity index (χ0n) is 22.6. The van der Waals surface area contributed by atoms with E-state index in [0.717, 1.165) is 66.4 Å². The fourth-order valence-corrected chi connectivity index (χ4v) is 7.03. The first-order valence-corrected chi connectivity index (χ1v) is 15.6. The molecule has 4 aliphatic heterocycles. The van der Waals surface area contributed by atoms with E-state index < -0.39 is 0 Å². The number of rotatable bonds is 0. The number of hydrogen-bond donors (Lipinski definition) is 0. The molecule has 0 saturated carbocycles. The molecular weight excluding hydrogens is 643 g/mol. The van der Waals surface area contributed by atoms with E-state index in [1.165, 1.54) is 0 Å². The SMILES string of the molecule is ClCCl.c1ccc2c(c1)C1=NC/2=N\c2c3ccccc3c3[n]2[Cu][n]2/c(c4ccccc4/c2=N/C2=N\C(=N/3)c3ccccc32)=N\1. The molecule has 0 amide bonds. The van der Waals surface area contributed by atoms with Gasteiger partial charge in [-0.25, -0.2) is 0 Å². The Balaban J connectivity index is 0.000000869. The molecule has 2 aromatic heterocycles. The van der Waals surface area contributed by atoms with Crippen LogP contribution in [-0.4, -0.2) is 35.8 Å². The second-order valence-electron chi connectivity index (χ2n) is 10.1. The molecule has 0 saturated heterocycles. The van der Waals surface area contributed by atoms with Gasteiger partial charge >= 0.3 is 239 Å². The van der Waals surface area contributed by atoms with Crippen molar-refractivity contribution in [3.8, 4) is 0 Å². The van der Waals surface area contributed by atoms with E-state index in [4.69, 9.17) is 53.2 Å². The number of hydrogen-bond acceptors (Lipinski definition) is 6. The first-order valence-electron chi connectivity index (χ1n) is 13.7. The Kier molecular flexibility index (Phi) is 5.83. The van der Waals surface area contributed by atoms with Gasteiger partial charge in [-0.15, -0.1) is 23.2 Å². The molecule has 0 aliphatic carbocycles. The van der Waals surface area contributed by atoms with Crippen molar-refractivity contribution in [3.05, 3.63) is 130 Å². The van der Waals surface area contributed by atoms with Crippen LogP contribution in [0.15, 0.2) is 127 Å². The molecule has 4 aliphatic rings. The average Bonchev–Trinajstić information content (AvgIpc) is 3.76. The summed E-state index contributed by atoms with van der Waals surface area (Å²) in [6.07, 6.45) is 0. The molecule has 44 heavy (non-hydrogen) atoms. The summed E-state index contributed by atoms with van der Waals surface area (Å²) < 4.78 is 4.13. The molecule has 10 rings (SSSR count). The summed E-state index contributed by atoms with van der Waals surface area (Å²) in [7, 11) is 0. The van der Waals surface area contributed by atoms with Crippen LogP contribution in [0.1, 0.15) is 22.3 Å². The molecule has 6 bridgehead atoms. The van der Waals surface area contributed by atoms with Crippen molar-refractivity contribution in [2.75, 3.05) is 5.34 Å². The van der Waals surface area contributed by atoms with Crippen LogP contribution in [0.4, 0.5) is 11.6 Å². The molecule has 11 heteroatoms. The first-order chi connectivity index (χ1) is 21.7. The van der Waals surface area contributed by atoms with E-state index in [9.17, 15) is 0 Å². The molecular formula is C33H18Cl2CuN8. The van der Waals surface area contributed by atoms with Crippen LogP contribution in [0, 0.1) is 0 Å². The summed E-state index contributed by atoms with van der Waals surface area (Å²) in [5, 5.41) is 4.12. The fraction of sp³-hybridized carbons (Fsp3) is 0.0303. The molecule has 0 fully saturated rings. The Hall–Kier alpha value is -4.66. The molecule has 6 heterocycles. The summed E-state index contributed by atoms with van der Waals surface area (Å²) in [6.45, 7) is 0. The van der Waals surface area contributed by atoms with Crippen molar-refractivity contribution in [3.63, 3.8) is 0 Å². The van der Waals surface area contributed by atoms with Gasteiger partial charge in [-0.1, -0.05) is 0 Å². The molecule has 0 spiro atoms. The molecule has 6 aromatic rings. The number of nitrogens with zero attached hydrogens (tertiary/aromatic N) is 8. The van der Waals surface area contributed by atoms with Crippen molar-refractivity contribution >= 4 is 79.7 Å². The number of alkyl halides is 2. The maximum absolute atomic E-state index is 5.20. The Bertz CT molecular complexity index is 2320. The van der Waals surface area contributed by atoms with E-state index in [0.29, 0.717) is 23.3 Å². The van der Waals surface area contributed by atoms with Crippen LogP contribution in [0.2, 0.25) is 0 Å². The quantitative estimate of drug-likeness (QED) is 0.136. The topological polar surface area (TPSA) is 84.0 Å². The molecule has 215 valence electrons. The third-order valence-corrected chi connectivity index (χ3v) is 8.88. The van der Waals surface area contributed by atoms with E-state index in [1.54, 1.807) is 15.4 Å². The van der Waals surface area contributed by atoms with Crippen molar-refractivity contribution in [2.24, 2.45) is 30.0 Å². The Morgan fingerprint density at radius 1 is 0.432 bits per heavy atom. The summed E-state index contributed by atoms with van der Waals surface area (Å²) in [6, 6.07) is 32.8. The van der Waals surface area contributed by atoms with Gasteiger partial charge in [-0.2, -0.15) is 0 Å². The minimum atomic E-state index is 0.194. The predicted molar refractivity (Wildman–Crippen MR) is 172 cm³/mol. The third-order valence-electron chi connectivity index (χ3n) is 7.71. The van der Waals surface area contributed by atoms with E-state index in [1.807, 2.05) is 48.5 Å². The van der Waals surface area contributed by atoms with Gasteiger partial charge in [0.2, 0.25) is 0 Å². The van der Waals surface area contributed by atoms with Crippen molar-refractivity contribution in [1.82, 2.24) is 7.17 Å². The molecule has 0 unspecified atom stereocenters. The van der Waals surface area contributed by atoms with Gasteiger partial charge in [-0.05, 0) is 0 Å². The Morgan fingerprint density at radius 3 is 1.18 bits per heavy atom. The fourth-order valence-electron chi connectivity index (χ4n) is 5.84. The summed E-state index contributed by atoms with van der Waals surface area (Å²) in [4.78, 5) is 30.8. The van der Waals surface area contributed by atoms with Gasteiger partial charge in [-0.3, -0.25) is 0 Å². The number of halogens is 2. The van der Waals surface area contributed by atoms with Crippen LogP contribution in [0.5, 0.6) is 0 Å². The van der Waals surface area contributed by atoms with E-state index >= 15 is 0 Å². The second kappa shape index (κ2) is 9.94. The molecule has 8 nitrogen and oxygen atoms in total. The van der Waals surface area contributed by atoms with Crippen molar-refractivity contribution in [2.45, 2.75) is 0 Å². The average molecular weight is 661 g/mol. The monoisotopic (exact) mass is 659 g/mol. The molecule has 0 radical (unpaired) electrons. The van der Waals surface area contributed by atoms with Crippen LogP contribution >= 0.6 is 23.2 Å². The van der Waals surface area contributed by atoms with Crippen molar-refractivity contribution in [1.29, 1.82) is 0 Å². The summed E-state index contributed by atoms with van der Waals surface area (Å²) >= 11 is 11.1. The number of aliphatic imine (C=N–C) groups is 4. The van der Waals surface area contributed by atoms with Crippen LogP contribution in [-0.2, 0) is 15.4 Å². The van der Waals surface area contributed by atoms with Gasteiger partial charge in [0, 0.05) is 0 Å². The van der Waals surface area contributed by atoms with E-state index in [-0.39, 0.29) is 5.34 Å². The summed E-state index contributed by atoms with van der Waals surface area (Å²) in [5.74, 6) is 4.04. The van der Waals surface area contributed by atoms with Gasteiger partial charge in [0.1, 0.15) is 0 Å². The molecule has 0 N–H and O–H groups in total. The van der Waals surface area contributed by atoms with Crippen LogP contribution in [0.3, 0.4) is 0 Å². The minimum absolute atomic E-state index is 0.194. The first kappa shape index (κ1) is 25.8. The standard InChI is InChI=1S/C32H16N8.CH2Cl2.Cu/c1-2-10-18-17(9-1)25-33-26(18)38-28-21-13-5-6-14-22(21)30(35-28)40-32-24-16-8-7-15-23(24)31(36-32)39-29-20-12-4-3-11-19(20)27(34-29)37-25;2-1-3;/h1-16H;1H2;/q-2;;+2. The number of fused-ring (bicyclic) bond motifs is 14. The number of amidine groups is 4. The second-order valence-corrected chi connectivity index (χ2v) is 11.9. The van der Waals surface area contributed by atoms with Gasteiger partial charge in [0.25, 0.3) is 0 Å². The number of benzene rings is 4. The zero-order valence-corrected chi connectivity index (χ0v) is 25.0. The molecule has 0 atom stereocenters. The predicted octanol–water partition coefficient (Wildman–Crippen LogP) is 6.27. The van der Waals surface area contributed by atoms with Crippen LogP contribution < -0.4 is 11.0 Å².